The summed E-state index contributed by atoms with van der Waals surface area (Å²) < 4.78 is 26.7. The van der Waals surface area contributed by atoms with Crippen LogP contribution < -0.4 is 5.32 Å². The second-order valence-electron chi connectivity index (χ2n) is 5.98. The molecule has 0 bridgehead atoms. The first-order valence-corrected chi connectivity index (χ1v) is 8.17. The summed E-state index contributed by atoms with van der Waals surface area (Å²) in [5.74, 6) is -1.32. The van der Waals surface area contributed by atoms with Gasteiger partial charge in [-0.05, 0) is 24.3 Å². The normalized spacial score (nSPS) is 14.3. The predicted octanol–water partition coefficient (Wildman–Crippen LogP) is 2.41. The monoisotopic (exact) mass is 360 g/mol. The van der Waals surface area contributed by atoms with Gasteiger partial charge < -0.3 is 15.1 Å². The first kappa shape index (κ1) is 17.8. The number of nitrogens with one attached hydrogen (secondary N) is 1. The second-order valence-corrected chi connectivity index (χ2v) is 5.98. The Morgan fingerprint density at radius 1 is 1.04 bits per heavy atom. The van der Waals surface area contributed by atoms with Crippen molar-refractivity contribution in [2.45, 2.75) is 6.92 Å². The van der Waals surface area contributed by atoms with Gasteiger partial charge in [0.1, 0.15) is 17.5 Å². The molecule has 136 valence electrons. The van der Waals surface area contributed by atoms with Gasteiger partial charge in [-0.3, -0.25) is 9.59 Å². The van der Waals surface area contributed by atoms with Gasteiger partial charge in [0.25, 0.3) is 5.91 Å². The zero-order valence-electron chi connectivity index (χ0n) is 14.2. The number of rotatable bonds is 3. The number of benzene rings is 1. The van der Waals surface area contributed by atoms with Crippen molar-refractivity contribution in [1.82, 2.24) is 14.8 Å². The number of carbonyl (C=O) groups excluding carboxylic acids is 2. The Labute approximate surface area is 149 Å². The van der Waals surface area contributed by atoms with Crippen LogP contribution in [0, 0.1) is 11.6 Å². The van der Waals surface area contributed by atoms with Crippen LogP contribution in [-0.2, 0) is 4.79 Å². The Hall–Kier alpha value is -3.03. The lowest BCUT2D eigenvalue weighted by Crippen LogP contribution is -2.50. The fraction of sp³-hybridized carbons (Fsp3) is 0.278. The van der Waals surface area contributed by atoms with E-state index >= 15 is 0 Å². The highest BCUT2D eigenvalue weighted by atomic mass is 19.1. The van der Waals surface area contributed by atoms with Crippen LogP contribution in [0.25, 0.3) is 0 Å². The fourth-order valence-corrected chi connectivity index (χ4v) is 2.77. The van der Waals surface area contributed by atoms with Crippen LogP contribution in [0.2, 0.25) is 0 Å². The number of halogens is 2. The molecule has 1 aromatic heterocycles. The molecular weight excluding hydrogens is 342 g/mol. The lowest BCUT2D eigenvalue weighted by atomic mass is 10.2. The smallest absolute Gasteiger partial charge is 0.254 e. The van der Waals surface area contributed by atoms with Crippen LogP contribution in [0.5, 0.6) is 0 Å². The summed E-state index contributed by atoms with van der Waals surface area (Å²) in [7, 11) is 0. The van der Waals surface area contributed by atoms with Crippen molar-refractivity contribution < 1.29 is 18.4 Å². The molecule has 0 spiro atoms. The number of pyridine rings is 1. The van der Waals surface area contributed by atoms with Gasteiger partial charge in [0, 0.05) is 50.9 Å². The summed E-state index contributed by atoms with van der Waals surface area (Å²) in [6.45, 7) is 3.41. The number of nitrogens with zero attached hydrogens (tertiary/aromatic N) is 3. The van der Waals surface area contributed by atoms with E-state index in [4.69, 9.17) is 0 Å². The molecule has 1 N–H and O–H groups in total. The minimum absolute atomic E-state index is 0.00572. The van der Waals surface area contributed by atoms with Crippen LogP contribution in [0.15, 0.2) is 36.5 Å². The van der Waals surface area contributed by atoms with Crippen molar-refractivity contribution >= 4 is 23.3 Å². The van der Waals surface area contributed by atoms with Gasteiger partial charge in [0.05, 0.1) is 5.69 Å². The fourth-order valence-electron chi connectivity index (χ4n) is 2.77. The average molecular weight is 360 g/mol. The molecule has 2 heterocycles. The highest BCUT2D eigenvalue weighted by molar-refractivity contribution is 5.95. The zero-order chi connectivity index (χ0) is 18.7. The third-order valence-corrected chi connectivity index (χ3v) is 4.21. The van der Waals surface area contributed by atoms with Crippen LogP contribution >= 0.6 is 0 Å². The maximum absolute atomic E-state index is 13.8. The summed E-state index contributed by atoms with van der Waals surface area (Å²) in [6, 6.07) is 6.26. The van der Waals surface area contributed by atoms with E-state index in [0.717, 1.165) is 12.1 Å². The number of anilines is 2. The maximum Gasteiger partial charge on any atom is 0.254 e. The molecule has 1 aliphatic heterocycles. The Balaban J connectivity index is 1.71. The molecule has 1 fully saturated rings. The average Bonchev–Trinajstić information content (AvgIpc) is 2.64. The van der Waals surface area contributed by atoms with Gasteiger partial charge in [0.2, 0.25) is 5.91 Å². The van der Waals surface area contributed by atoms with E-state index in [1.165, 1.54) is 25.3 Å². The van der Waals surface area contributed by atoms with Gasteiger partial charge >= 0.3 is 0 Å². The van der Waals surface area contributed by atoms with E-state index in [-0.39, 0.29) is 23.3 Å². The highest BCUT2D eigenvalue weighted by Gasteiger charge is 2.23. The number of carbonyl (C=O) groups is 2. The van der Waals surface area contributed by atoms with E-state index in [1.807, 2.05) is 0 Å². The van der Waals surface area contributed by atoms with Crippen molar-refractivity contribution in [2.75, 3.05) is 31.5 Å². The van der Waals surface area contributed by atoms with Gasteiger partial charge in [-0.15, -0.1) is 0 Å². The molecule has 2 aromatic rings. The Kier molecular flexibility index (Phi) is 5.11. The van der Waals surface area contributed by atoms with E-state index in [2.05, 4.69) is 10.3 Å². The minimum atomic E-state index is -0.746. The topological polar surface area (TPSA) is 65.5 Å². The third-order valence-electron chi connectivity index (χ3n) is 4.21. The van der Waals surface area contributed by atoms with E-state index in [0.29, 0.717) is 31.7 Å². The Morgan fingerprint density at radius 2 is 1.73 bits per heavy atom. The summed E-state index contributed by atoms with van der Waals surface area (Å²) in [6.07, 6.45) is 1.45. The Morgan fingerprint density at radius 3 is 2.38 bits per heavy atom. The molecule has 6 nitrogen and oxygen atoms in total. The summed E-state index contributed by atoms with van der Waals surface area (Å²) in [5, 5.41) is 2.74. The van der Waals surface area contributed by atoms with Crippen LogP contribution in [0.1, 0.15) is 17.3 Å². The van der Waals surface area contributed by atoms with Crippen molar-refractivity contribution in [1.29, 1.82) is 0 Å². The van der Waals surface area contributed by atoms with Crippen molar-refractivity contribution in [2.24, 2.45) is 0 Å². The van der Waals surface area contributed by atoms with Gasteiger partial charge in [-0.25, -0.2) is 13.8 Å². The number of hydrogen-bond donors (Lipinski definition) is 1. The first-order valence-electron chi connectivity index (χ1n) is 8.17. The number of hydrogen-bond acceptors (Lipinski definition) is 4. The quantitative estimate of drug-likeness (QED) is 0.913. The van der Waals surface area contributed by atoms with E-state index in [1.54, 1.807) is 15.9 Å². The zero-order valence-corrected chi connectivity index (χ0v) is 14.2. The molecule has 0 aliphatic carbocycles. The van der Waals surface area contributed by atoms with Gasteiger partial charge in [-0.1, -0.05) is 0 Å². The minimum Gasteiger partial charge on any atom is -0.339 e. The molecule has 1 aromatic carbocycles. The molecule has 1 saturated heterocycles. The summed E-state index contributed by atoms with van der Waals surface area (Å²) in [4.78, 5) is 31.4. The SMILES string of the molecule is CC(=O)N1CCN(C(=O)c2ccnc(Nc3ccc(F)cc3F)c2)CC1. The second kappa shape index (κ2) is 7.47. The number of piperazine rings is 1. The van der Waals surface area contributed by atoms with Crippen molar-refractivity contribution in [3.63, 3.8) is 0 Å². The molecule has 0 unspecified atom stereocenters. The van der Waals surface area contributed by atoms with Gasteiger partial charge in [0.15, 0.2) is 0 Å². The molecule has 26 heavy (non-hydrogen) atoms. The van der Waals surface area contributed by atoms with E-state index < -0.39 is 11.6 Å². The highest BCUT2D eigenvalue weighted by Crippen LogP contribution is 2.20. The molecule has 0 radical (unpaired) electrons. The first-order chi connectivity index (χ1) is 12.4. The molecule has 3 rings (SSSR count). The number of aromatic nitrogens is 1. The molecule has 2 amide bonds. The summed E-state index contributed by atoms with van der Waals surface area (Å²) >= 11 is 0. The lowest BCUT2D eigenvalue weighted by Gasteiger charge is -2.34. The molecule has 0 saturated carbocycles. The molecule has 8 heteroatoms. The van der Waals surface area contributed by atoms with Gasteiger partial charge in [-0.2, -0.15) is 0 Å². The predicted molar refractivity (Wildman–Crippen MR) is 92.0 cm³/mol. The maximum atomic E-state index is 13.8. The standard InChI is InChI=1S/C18H18F2N4O2/c1-12(25)23-6-8-24(9-7-23)18(26)13-4-5-21-17(10-13)22-16-3-2-14(19)11-15(16)20/h2-5,10-11H,6-9H2,1H3,(H,21,22). The third kappa shape index (κ3) is 3.96. The van der Waals surface area contributed by atoms with Crippen LogP contribution in [-0.4, -0.2) is 52.8 Å². The van der Waals surface area contributed by atoms with Crippen molar-refractivity contribution in [3.05, 3.63) is 53.7 Å². The number of amides is 2. The van der Waals surface area contributed by atoms with Crippen molar-refractivity contribution in [3.8, 4) is 0 Å². The molecule has 1 aliphatic rings. The van der Waals surface area contributed by atoms with E-state index in [9.17, 15) is 18.4 Å². The molecule has 0 atom stereocenters. The lowest BCUT2D eigenvalue weighted by molar-refractivity contribution is -0.130. The van der Waals surface area contributed by atoms with Crippen LogP contribution in [0.3, 0.4) is 0 Å². The van der Waals surface area contributed by atoms with Crippen LogP contribution in [0.4, 0.5) is 20.3 Å². The molecular formula is C18H18F2N4O2. The largest absolute Gasteiger partial charge is 0.339 e. The Bertz CT molecular complexity index is 836. The summed E-state index contributed by atoms with van der Waals surface area (Å²) in [5.41, 5.74) is 0.472.